The zero-order chi connectivity index (χ0) is 27.0. The summed E-state index contributed by atoms with van der Waals surface area (Å²) in [5, 5.41) is 3.37. The van der Waals surface area contributed by atoms with E-state index in [1.54, 1.807) is 38.1 Å². The van der Waals surface area contributed by atoms with Gasteiger partial charge in [-0.3, -0.25) is 9.59 Å². The van der Waals surface area contributed by atoms with E-state index in [0.717, 1.165) is 32.6 Å². The molecule has 0 heterocycles. The lowest BCUT2D eigenvalue weighted by Crippen LogP contribution is -2.52. The molecule has 0 aliphatic heterocycles. The third-order valence-corrected chi connectivity index (χ3v) is 7.93. The molecular formula is C26H37ClN4O4S. The molecule has 0 bridgehead atoms. The predicted molar refractivity (Wildman–Crippen MR) is 145 cm³/mol. The third-order valence-electron chi connectivity index (χ3n) is 5.89. The van der Waals surface area contributed by atoms with Crippen molar-refractivity contribution in [2.24, 2.45) is 0 Å². The molecule has 0 aromatic heterocycles. The van der Waals surface area contributed by atoms with Gasteiger partial charge in [-0.05, 0) is 62.1 Å². The highest BCUT2D eigenvalue weighted by molar-refractivity contribution is 7.90. The topological polar surface area (TPSA) is 90.0 Å². The summed E-state index contributed by atoms with van der Waals surface area (Å²) >= 11 is 6.15. The van der Waals surface area contributed by atoms with Crippen molar-refractivity contribution in [1.82, 2.24) is 14.5 Å². The van der Waals surface area contributed by atoms with Crippen molar-refractivity contribution < 1.29 is 18.0 Å². The van der Waals surface area contributed by atoms with Crippen LogP contribution in [-0.4, -0.2) is 62.7 Å². The standard InChI is InChI=1S/C26H37ClN4O4S/c1-7-8-14-28-26(33)21(4)30(17-22-10-9-11-23(27)16-22)25(32)18-31(36(34,35)29(5)6)24-15-19(2)12-13-20(24)3/h9-13,15-16,21H,7-8,14,17-18H2,1-6H3,(H,28,33). The van der Waals surface area contributed by atoms with Gasteiger partial charge < -0.3 is 10.2 Å². The summed E-state index contributed by atoms with van der Waals surface area (Å²) in [6, 6.07) is 11.7. The maximum Gasteiger partial charge on any atom is 0.304 e. The number of nitrogens with one attached hydrogen (secondary N) is 1. The number of aryl methyl sites for hydroxylation is 2. The van der Waals surface area contributed by atoms with Gasteiger partial charge in [0.05, 0.1) is 5.69 Å². The summed E-state index contributed by atoms with van der Waals surface area (Å²) < 4.78 is 28.8. The van der Waals surface area contributed by atoms with Crippen LogP contribution in [0.2, 0.25) is 5.02 Å². The average molecular weight is 537 g/mol. The van der Waals surface area contributed by atoms with E-state index in [0.29, 0.717) is 22.8 Å². The predicted octanol–water partition coefficient (Wildman–Crippen LogP) is 3.90. The number of hydrogen-bond acceptors (Lipinski definition) is 4. The summed E-state index contributed by atoms with van der Waals surface area (Å²) in [4.78, 5) is 28.1. The van der Waals surface area contributed by atoms with Gasteiger partial charge >= 0.3 is 10.2 Å². The average Bonchev–Trinajstić information content (AvgIpc) is 2.82. The van der Waals surface area contributed by atoms with Crippen LogP contribution in [0.15, 0.2) is 42.5 Å². The highest BCUT2D eigenvalue weighted by Crippen LogP contribution is 2.26. The minimum Gasteiger partial charge on any atom is -0.354 e. The van der Waals surface area contributed by atoms with Gasteiger partial charge in [0.25, 0.3) is 0 Å². The fourth-order valence-electron chi connectivity index (χ4n) is 3.64. The third kappa shape index (κ3) is 7.69. The molecule has 2 aromatic rings. The number of halogens is 1. The number of anilines is 1. The summed E-state index contributed by atoms with van der Waals surface area (Å²) in [5.74, 6) is -0.799. The Balaban J connectivity index is 2.47. The zero-order valence-corrected chi connectivity index (χ0v) is 23.5. The van der Waals surface area contributed by atoms with Gasteiger partial charge in [0.1, 0.15) is 12.6 Å². The largest absolute Gasteiger partial charge is 0.354 e. The van der Waals surface area contributed by atoms with E-state index in [9.17, 15) is 18.0 Å². The first kappa shape index (κ1) is 29.6. The molecule has 10 heteroatoms. The van der Waals surface area contributed by atoms with Crippen molar-refractivity contribution in [2.45, 2.75) is 53.1 Å². The second kappa shape index (κ2) is 13.1. The molecular weight excluding hydrogens is 500 g/mol. The Morgan fingerprint density at radius 1 is 1.08 bits per heavy atom. The van der Waals surface area contributed by atoms with Gasteiger partial charge in [0.15, 0.2) is 0 Å². The van der Waals surface area contributed by atoms with Crippen LogP contribution >= 0.6 is 11.6 Å². The van der Waals surface area contributed by atoms with Crippen molar-refractivity contribution in [2.75, 3.05) is 31.5 Å². The lowest BCUT2D eigenvalue weighted by Gasteiger charge is -2.33. The summed E-state index contributed by atoms with van der Waals surface area (Å²) in [6.07, 6.45) is 1.75. The molecule has 2 amide bonds. The molecule has 1 atom stereocenters. The lowest BCUT2D eigenvalue weighted by atomic mass is 10.1. The molecule has 0 fully saturated rings. The van der Waals surface area contributed by atoms with Crippen LogP contribution in [0.3, 0.4) is 0 Å². The first-order chi connectivity index (χ1) is 16.9. The second-order valence-corrected chi connectivity index (χ2v) is 11.6. The summed E-state index contributed by atoms with van der Waals surface area (Å²) in [7, 11) is -1.16. The van der Waals surface area contributed by atoms with Crippen molar-refractivity contribution in [3.05, 3.63) is 64.2 Å². The van der Waals surface area contributed by atoms with Crippen LogP contribution in [0.1, 0.15) is 43.4 Å². The van der Waals surface area contributed by atoms with E-state index in [4.69, 9.17) is 11.6 Å². The molecule has 36 heavy (non-hydrogen) atoms. The van der Waals surface area contributed by atoms with Crippen molar-refractivity contribution >= 4 is 39.3 Å². The Labute approximate surface area is 220 Å². The van der Waals surface area contributed by atoms with E-state index in [-0.39, 0.29) is 12.5 Å². The smallest absolute Gasteiger partial charge is 0.304 e. The fraction of sp³-hybridized carbons (Fsp3) is 0.462. The van der Waals surface area contributed by atoms with Crippen LogP contribution in [0.5, 0.6) is 0 Å². The molecule has 1 unspecified atom stereocenters. The zero-order valence-electron chi connectivity index (χ0n) is 21.9. The number of carbonyl (C=O) groups is 2. The van der Waals surface area contributed by atoms with Crippen LogP contribution in [0, 0.1) is 13.8 Å². The quantitative estimate of drug-likeness (QED) is 0.416. The maximum atomic E-state index is 13.7. The molecule has 0 spiro atoms. The van der Waals surface area contributed by atoms with E-state index in [1.165, 1.54) is 19.0 Å². The van der Waals surface area contributed by atoms with Crippen LogP contribution in [0.25, 0.3) is 0 Å². The lowest BCUT2D eigenvalue weighted by molar-refractivity contribution is -0.139. The molecule has 0 aliphatic rings. The molecule has 8 nitrogen and oxygen atoms in total. The first-order valence-electron chi connectivity index (χ1n) is 12.0. The molecule has 2 aromatic carbocycles. The van der Waals surface area contributed by atoms with Gasteiger partial charge in [-0.2, -0.15) is 12.7 Å². The van der Waals surface area contributed by atoms with Gasteiger partial charge in [0, 0.05) is 32.2 Å². The highest BCUT2D eigenvalue weighted by Gasteiger charge is 2.33. The molecule has 2 rings (SSSR count). The number of hydrogen-bond donors (Lipinski definition) is 1. The number of rotatable bonds is 12. The van der Waals surface area contributed by atoms with E-state index < -0.39 is 28.7 Å². The Bertz CT molecular complexity index is 1170. The minimum atomic E-state index is -4.01. The number of amides is 2. The second-order valence-electron chi connectivity index (χ2n) is 9.06. The van der Waals surface area contributed by atoms with Crippen molar-refractivity contribution in [1.29, 1.82) is 0 Å². The van der Waals surface area contributed by atoms with Gasteiger partial charge in [-0.1, -0.05) is 49.2 Å². The molecule has 198 valence electrons. The molecule has 0 radical (unpaired) electrons. The Morgan fingerprint density at radius 2 is 1.78 bits per heavy atom. The Kier molecular flexibility index (Phi) is 10.8. The van der Waals surface area contributed by atoms with Crippen molar-refractivity contribution in [3.63, 3.8) is 0 Å². The molecule has 0 saturated carbocycles. The highest BCUT2D eigenvalue weighted by atomic mass is 35.5. The SMILES string of the molecule is CCCCNC(=O)C(C)N(Cc1cccc(Cl)c1)C(=O)CN(c1cc(C)ccc1C)S(=O)(=O)N(C)C. The number of carbonyl (C=O) groups excluding carboxylic acids is 2. The van der Waals surface area contributed by atoms with E-state index >= 15 is 0 Å². The molecule has 0 saturated heterocycles. The summed E-state index contributed by atoms with van der Waals surface area (Å²) in [5.41, 5.74) is 2.73. The van der Waals surface area contributed by atoms with E-state index in [2.05, 4.69) is 5.32 Å². The van der Waals surface area contributed by atoms with Crippen LogP contribution < -0.4 is 9.62 Å². The Morgan fingerprint density at radius 3 is 2.39 bits per heavy atom. The summed E-state index contributed by atoms with van der Waals surface area (Å²) in [6.45, 7) is 7.47. The number of unbranched alkanes of at least 4 members (excludes halogenated alkanes) is 1. The van der Waals surface area contributed by atoms with Gasteiger partial charge in [-0.15, -0.1) is 0 Å². The first-order valence-corrected chi connectivity index (χ1v) is 13.7. The maximum absolute atomic E-state index is 13.7. The molecule has 0 aliphatic carbocycles. The fourth-order valence-corrected chi connectivity index (χ4v) is 4.97. The normalized spacial score (nSPS) is 12.3. The monoisotopic (exact) mass is 536 g/mol. The van der Waals surface area contributed by atoms with E-state index in [1.807, 2.05) is 32.0 Å². The molecule has 1 N–H and O–H groups in total. The van der Waals surface area contributed by atoms with Gasteiger partial charge in [0.2, 0.25) is 11.8 Å². The van der Waals surface area contributed by atoms with Gasteiger partial charge in [-0.25, -0.2) is 4.31 Å². The number of nitrogens with zero attached hydrogens (tertiary/aromatic N) is 3. The van der Waals surface area contributed by atoms with Crippen molar-refractivity contribution in [3.8, 4) is 0 Å². The van der Waals surface area contributed by atoms with Crippen LogP contribution in [-0.2, 0) is 26.3 Å². The van der Waals surface area contributed by atoms with Crippen LogP contribution in [0.4, 0.5) is 5.69 Å². The number of benzene rings is 2. The Hall–Kier alpha value is -2.62. The minimum absolute atomic E-state index is 0.102.